The van der Waals surface area contributed by atoms with Gasteiger partial charge in [-0.3, -0.25) is 19.3 Å². The summed E-state index contributed by atoms with van der Waals surface area (Å²) < 4.78 is 0. The maximum absolute atomic E-state index is 11.9. The van der Waals surface area contributed by atoms with Crippen molar-refractivity contribution in [1.82, 2.24) is 10.2 Å². The molecule has 0 spiro atoms. The molecule has 0 saturated heterocycles. The monoisotopic (exact) mass is 287 g/mol. The average molecular weight is 287 g/mol. The van der Waals surface area contributed by atoms with E-state index in [0.717, 1.165) is 11.3 Å². The summed E-state index contributed by atoms with van der Waals surface area (Å²) in [5.74, 6) is -2.38. The van der Waals surface area contributed by atoms with Gasteiger partial charge >= 0.3 is 12.0 Å². The average Bonchev–Trinajstić information content (AvgIpc) is 2.33. The van der Waals surface area contributed by atoms with Crippen LogP contribution in [0, 0.1) is 0 Å². The molecule has 0 aromatic rings. The van der Waals surface area contributed by atoms with E-state index in [1.54, 1.807) is 0 Å². The minimum Gasteiger partial charge on any atom is -0.481 e. The number of aliphatic carboxylic acids is 1. The lowest BCUT2D eigenvalue weighted by Crippen LogP contribution is -2.51. The number of urea groups is 1. The number of rotatable bonds is 8. The maximum Gasteiger partial charge on any atom is 0.324 e. The van der Waals surface area contributed by atoms with Crippen LogP contribution in [0.15, 0.2) is 0 Å². The summed E-state index contributed by atoms with van der Waals surface area (Å²) in [6.07, 6.45) is 1.03. The zero-order valence-electron chi connectivity index (χ0n) is 11.7. The quantitative estimate of drug-likeness (QED) is 0.581. The molecule has 0 aromatic carbocycles. The Bertz CT molecular complexity index is 383. The second kappa shape index (κ2) is 8.89. The highest BCUT2D eigenvalue weighted by atomic mass is 16.4. The maximum atomic E-state index is 11.9. The van der Waals surface area contributed by atoms with E-state index in [1.807, 2.05) is 6.92 Å². The second-order valence-corrected chi connectivity index (χ2v) is 4.36. The molecule has 8 heteroatoms. The first-order valence-corrected chi connectivity index (χ1v) is 6.39. The first-order valence-electron chi connectivity index (χ1n) is 6.39. The molecule has 4 N–H and O–H groups in total. The first kappa shape index (κ1) is 17.9. The van der Waals surface area contributed by atoms with E-state index in [9.17, 15) is 19.2 Å². The van der Waals surface area contributed by atoms with Crippen LogP contribution in [0.25, 0.3) is 0 Å². The number of nitrogens with zero attached hydrogens (tertiary/aromatic N) is 1. The van der Waals surface area contributed by atoms with Crippen LogP contribution < -0.4 is 11.1 Å². The van der Waals surface area contributed by atoms with E-state index in [-0.39, 0.29) is 19.4 Å². The van der Waals surface area contributed by atoms with Crippen molar-refractivity contribution in [1.29, 1.82) is 0 Å². The second-order valence-electron chi connectivity index (χ2n) is 4.36. The van der Waals surface area contributed by atoms with Gasteiger partial charge in [0, 0.05) is 19.9 Å². The molecule has 0 radical (unpaired) electrons. The summed E-state index contributed by atoms with van der Waals surface area (Å²) in [5.41, 5.74) is 5.10. The molecule has 1 atom stereocenters. The van der Waals surface area contributed by atoms with Crippen molar-refractivity contribution in [2.75, 3.05) is 6.54 Å². The Balaban J connectivity index is 4.65. The number of hydrogen-bond donors (Lipinski definition) is 3. The van der Waals surface area contributed by atoms with Gasteiger partial charge in [-0.05, 0) is 12.8 Å². The van der Waals surface area contributed by atoms with Crippen LogP contribution in [0.4, 0.5) is 4.79 Å². The highest BCUT2D eigenvalue weighted by Gasteiger charge is 2.24. The number of hydrogen-bond acceptors (Lipinski definition) is 4. The van der Waals surface area contributed by atoms with E-state index in [0.29, 0.717) is 6.42 Å². The van der Waals surface area contributed by atoms with Crippen LogP contribution in [-0.4, -0.2) is 46.4 Å². The fraction of sp³-hybridized carbons (Fsp3) is 0.667. The Morgan fingerprint density at radius 3 is 2.30 bits per heavy atom. The van der Waals surface area contributed by atoms with Crippen LogP contribution in [-0.2, 0) is 14.4 Å². The SMILES string of the molecule is CCCCN(C(C)=O)C(=O)N[C@H](CCC(=O)O)C(N)=O. The van der Waals surface area contributed by atoms with E-state index in [1.165, 1.54) is 6.92 Å². The highest BCUT2D eigenvalue weighted by Crippen LogP contribution is 2.01. The van der Waals surface area contributed by atoms with Gasteiger partial charge in [-0.25, -0.2) is 4.79 Å². The van der Waals surface area contributed by atoms with E-state index in [4.69, 9.17) is 10.8 Å². The van der Waals surface area contributed by atoms with E-state index >= 15 is 0 Å². The Morgan fingerprint density at radius 1 is 1.30 bits per heavy atom. The fourth-order valence-corrected chi connectivity index (χ4v) is 1.50. The number of amides is 4. The van der Waals surface area contributed by atoms with Crippen LogP contribution >= 0.6 is 0 Å². The van der Waals surface area contributed by atoms with Crippen LogP contribution in [0.1, 0.15) is 39.5 Å². The molecule has 0 aliphatic carbocycles. The van der Waals surface area contributed by atoms with Gasteiger partial charge < -0.3 is 16.2 Å². The number of nitrogens with one attached hydrogen (secondary N) is 1. The molecular weight excluding hydrogens is 266 g/mol. The van der Waals surface area contributed by atoms with Gasteiger partial charge in [0.05, 0.1) is 0 Å². The molecule has 0 rings (SSSR count). The topological polar surface area (TPSA) is 130 Å². The Morgan fingerprint density at radius 2 is 1.90 bits per heavy atom. The van der Waals surface area contributed by atoms with E-state index < -0.39 is 29.9 Å². The minimum atomic E-state index is -1.11. The predicted molar refractivity (Wildman–Crippen MR) is 70.7 cm³/mol. The fourth-order valence-electron chi connectivity index (χ4n) is 1.50. The number of primary amides is 1. The Labute approximate surface area is 117 Å². The van der Waals surface area contributed by atoms with Crippen LogP contribution in [0.5, 0.6) is 0 Å². The third-order valence-corrected chi connectivity index (χ3v) is 2.65. The van der Waals surface area contributed by atoms with Crippen molar-refractivity contribution in [2.45, 2.75) is 45.6 Å². The zero-order chi connectivity index (χ0) is 15.7. The lowest BCUT2D eigenvalue weighted by molar-refractivity contribution is -0.137. The van der Waals surface area contributed by atoms with Crippen molar-refractivity contribution in [2.24, 2.45) is 5.73 Å². The lowest BCUT2D eigenvalue weighted by atomic mass is 10.1. The molecule has 4 amide bonds. The summed E-state index contributed by atoms with van der Waals surface area (Å²) in [4.78, 5) is 45.9. The normalized spacial score (nSPS) is 11.5. The molecule has 114 valence electrons. The largest absolute Gasteiger partial charge is 0.481 e. The third-order valence-electron chi connectivity index (χ3n) is 2.65. The molecule has 0 heterocycles. The molecule has 0 fully saturated rings. The number of unbranched alkanes of at least 4 members (excludes halogenated alkanes) is 1. The molecule has 0 aliphatic heterocycles. The van der Waals surface area contributed by atoms with Crippen molar-refractivity contribution in [3.8, 4) is 0 Å². The molecular formula is C12H21N3O5. The predicted octanol–water partition coefficient (Wildman–Crippen LogP) is 0.0633. The molecule has 0 aromatic heterocycles. The van der Waals surface area contributed by atoms with Gasteiger partial charge in [-0.2, -0.15) is 0 Å². The molecule has 0 aliphatic rings. The lowest BCUT2D eigenvalue weighted by Gasteiger charge is -2.22. The summed E-state index contributed by atoms with van der Waals surface area (Å²) in [6, 6.07) is -1.85. The smallest absolute Gasteiger partial charge is 0.324 e. The van der Waals surface area contributed by atoms with Crippen molar-refractivity contribution in [3.63, 3.8) is 0 Å². The molecule has 0 unspecified atom stereocenters. The molecule has 20 heavy (non-hydrogen) atoms. The first-order chi connectivity index (χ1) is 9.29. The summed E-state index contributed by atoms with van der Waals surface area (Å²) >= 11 is 0. The number of nitrogens with two attached hydrogens (primary N) is 1. The summed E-state index contributed by atoms with van der Waals surface area (Å²) in [7, 11) is 0. The van der Waals surface area contributed by atoms with Crippen LogP contribution in [0.3, 0.4) is 0 Å². The zero-order valence-corrected chi connectivity index (χ0v) is 11.7. The number of imide groups is 1. The van der Waals surface area contributed by atoms with Gasteiger partial charge in [0.2, 0.25) is 11.8 Å². The van der Waals surface area contributed by atoms with Crippen molar-refractivity contribution >= 4 is 23.8 Å². The highest BCUT2D eigenvalue weighted by molar-refractivity contribution is 5.95. The number of carboxylic acid groups (broad SMARTS) is 1. The van der Waals surface area contributed by atoms with Gasteiger partial charge in [0.1, 0.15) is 6.04 Å². The van der Waals surface area contributed by atoms with E-state index in [2.05, 4.69) is 5.32 Å². The van der Waals surface area contributed by atoms with Crippen molar-refractivity contribution in [3.05, 3.63) is 0 Å². The molecule has 0 bridgehead atoms. The third kappa shape index (κ3) is 6.72. The number of carboxylic acids is 1. The minimum absolute atomic E-state index is 0.115. The van der Waals surface area contributed by atoms with Crippen molar-refractivity contribution < 1.29 is 24.3 Å². The number of carbonyl (C=O) groups excluding carboxylic acids is 3. The summed E-state index contributed by atoms with van der Waals surface area (Å²) in [6.45, 7) is 3.39. The summed E-state index contributed by atoms with van der Waals surface area (Å²) in [5, 5.41) is 10.9. The standard InChI is InChI=1S/C12H21N3O5/c1-3-4-7-15(8(2)16)12(20)14-9(11(13)19)5-6-10(17)18/h9H,3-7H2,1-2H3,(H2,13,19)(H,14,20)(H,17,18)/t9-/m1/s1. The molecule has 8 nitrogen and oxygen atoms in total. The van der Waals surface area contributed by atoms with Crippen LogP contribution in [0.2, 0.25) is 0 Å². The van der Waals surface area contributed by atoms with Gasteiger partial charge in [0.15, 0.2) is 0 Å². The molecule has 0 saturated carbocycles. The van der Waals surface area contributed by atoms with Gasteiger partial charge in [-0.1, -0.05) is 13.3 Å². The Hall–Kier alpha value is -2.12. The number of carbonyl (C=O) groups is 4. The van der Waals surface area contributed by atoms with Gasteiger partial charge in [0.25, 0.3) is 0 Å². The van der Waals surface area contributed by atoms with Gasteiger partial charge in [-0.15, -0.1) is 0 Å². The Kier molecular flexibility index (Phi) is 7.95.